The van der Waals surface area contributed by atoms with Crippen LogP contribution >= 0.6 is 11.8 Å². The van der Waals surface area contributed by atoms with Gasteiger partial charge in [-0.25, -0.2) is 4.98 Å². The summed E-state index contributed by atoms with van der Waals surface area (Å²) in [4.78, 5) is 35.0. The summed E-state index contributed by atoms with van der Waals surface area (Å²) in [6.45, 7) is 0. The van der Waals surface area contributed by atoms with Gasteiger partial charge in [-0.1, -0.05) is 69.5 Å². The highest BCUT2D eigenvalue weighted by Crippen LogP contribution is 2.46. The Morgan fingerprint density at radius 1 is 1.00 bits per heavy atom. The molecule has 188 valence electrons. The van der Waals surface area contributed by atoms with Gasteiger partial charge >= 0.3 is 5.97 Å². The van der Waals surface area contributed by atoms with Crippen molar-refractivity contribution in [3.8, 4) is 11.4 Å². The number of pyridine rings is 1. The minimum Gasteiger partial charge on any atom is -0.457 e. The Hall–Kier alpha value is -2.22. The minimum absolute atomic E-state index is 0.0410. The van der Waals surface area contributed by atoms with Gasteiger partial charge in [0.15, 0.2) is 16.9 Å². The van der Waals surface area contributed by atoms with Gasteiger partial charge in [0.2, 0.25) is 5.16 Å². The lowest BCUT2D eigenvalue weighted by Crippen LogP contribution is -2.52. The topological polar surface area (TPSA) is 97.8 Å². The number of nitrogens with zero attached hydrogens (tertiary/aromatic N) is 3. The van der Waals surface area contributed by atoms with E-state index in [9.17, 15) is 9.59 Å². The maximum absolute atomic E-state index is 13.3. The van der Waals surface area contributed by atoms with E-state index >= 15 is 0 Å². The number of esters is 1. The van der Waals surface area contributed by atoms with E-state index in [2.05, 4.69) is 20.2 Å². The Labute approximate surface area is 211 Å². The highest BCUT2D eigenvalue weighted by atomic mass is 32.2. The number of thioether (sulfide) groups is 1. The molecule has 5 rings (SSSR count). The van der Waals surface area contributed by atoms with E-state index in [1.54, 1.807) is 12.4 Å². The second-order valence-electron chi connectivity index (χ2n) is 10.6. The monoisotopic (exact) mass is 496 g/mol. The smallest absolute Gasteiger partial charge is 0.327 e. The van der Waals surface area contributed by atoms with Gasteiger partial charge < -0.3 is 4.74 Å². The van der Waals surface area contributed by atoms with Gasteiger partial charge in [0.25, 0.3) is 0 Å². The molecule has 2 aliphatic carbocycles. The standard InChI is InChI=1S/C27H36N4O3S/c32-22-18-27(21-11-4-5-12-21,15-7-6-10-19-8-2-1-3-9-19)34-25(33)23(22)35-26-29-24(30-31-26)20-13-16-28-17-14-20/h13-14,16-17,19,21,23H,1-12,15,18H2,(H,29,30,31). The van der Waals surface area contributed by atoms with E-state index < -0.39 is 16.8 Å². The lowest BCUT2D eigenvalue weighted by molar-refractivity contribution is -0.177. The zero-order valence-electron chi connectivity index (χ0n) is 20.4. The molecule has 8 heteroatoms. The Morgan fingerprint density at radius 3 is 2.49 bits per heavy atom. The molecule has 0 radical (unpaired) electrons. The molecule has 35 heavy (non-hydrogen) atoms. The average molecular weight is 497 g/mol. The van der Waals surface area contributed by atoms with Crippen LogP contribution in [0, 0.1) is 11.8 Å². The predicted molar refractivity (Wildman–Crippen MR) is 135 cm³/mol. The summed E-state index contributed by atoms with van der Waals surface area (Å²) in [5, 5.41) is 6.60. The van der Waals surface area contributed by atoms with Crippen LogP contribution in [-0.2, 0) is 14.3 Å². The molecule has 2 saturated carbocycles. The van der Waals surface area contributed by atoms with Gasteiger partial charge in [0, 0.05) is 24.4 Å². The Balaban J connectivity index is 1.22. The first-order valence-electron chi connectivity index (χ1n) is 13.4. The molecule has 3 aliphatic rings. The average Bonchev–Trinajstić information content (AvgIpc) is 3.59. The van der Waals surface area contributed by atoms with Crippen molar-refractivity contribution in [2.45, 2.75) is 106 Å². The van der Waals surface area contributed by atoms with Gasteiger partial charge in [-0.05, 0) is 49.7 Å². The van der Waals surface area contributed by atoms with Crippen molar-refractivity contribution in [1.82, 2.24) is 20.2 Å². The summed E-state index contributed by atoms with van der Waals surface area (Å²) < 4.78 is 6.24. The first-order chi connectivity index (χ1) is 17.1. The summed E-state index contributed by atoms with van der Waals surface area (Å²) >= 11 is 1.09. The van der Waals surface area contributed by atoms with Crippen molar-refractivity contribution in [2.24, 2.45) is 11.8 Å². The molecule has 7 nitrogen and oxygen atoms in total. The predicted octanol–water partition coefficient (Wildman–Crippen LogP) is 5.91. The van der Waals surface area contributed by atoms with E-state index in [1.165, 1.54) is 38.5 Å². The van der Waals surface area contributed by atoms with Crippen molar-refractivity contribution in [3.05, 3.63) is 24.5 Å². The molecular formula is C27H36N4O3S. The maximum Gasteiger partial charge on any atom is 0.327 e. The van der Waals surface area contributed by atoms with Gasteiger partial charge in [0.05, 0.1) is 0 Å². The fourth-order valence-corrected chi connectivity index (χ4v) is 7.13. The third-order valence-electron chi connectivity index (χ3n) is 8.21. The Morgan fingerprint density at radius 2 is 1.74 bits per heavy atom. The summed E-state index contributed by atoms with van der Waals surface area (Å²) in [6, 6.07) is 3.67. The molecular weight excluding hydrogens is 460 g/mol. The van der Waals surface area contributed by atoms with Gasteiger partial charge in [0.1, 0.15) is 5.60 Å². The Bertz CT molecular complexity index is 981. The number of unbranched alkanes of at least 4 members (excludes halogenated alkanes) is 1. The summed E-state index contributed by atoms with van der Waals surface area (Å²) in [7, 11) is 0. The van der Waals surface area contributed by atoms with Crippen molar-refractivity contribution in [3.63, 3.8) is 0 Å². The van der Waals surface area contributed by atoms with E-state index in [1.807, 2.05) is 12.1 Å². The van der Waals surface area contributed by atoms with Crippen LogP contribution in [0.3, 0.4) is 0 Å². The van der Waals surface area contributed by atoms with Crippen LogP contribution in [0.4, 0.5) is 0 Å². The third kappa shape index (κ3) is 5.79. The van der Waals surface area contributed by atoms with Gasteiger partial charge in [-0.3, -0.25) is 19.7 Å². The van der Waals surface area contributed by atoms with Crippen LogP contribution in [0.25, 0.3) is 11.4 Å². The van der Waals surface area contributed by atoms with Crippen molar-refractivity contribution < 1.29 is 14.3 Å². The van der Waals surface area contributed by atoms with Crippen molar-refractivity contribution >= 4 is 23.5 Å². The van der Waals surface area contributed by atoms with Crippen LogP contribution in [0.15, 0.2) is 29.7 Å². The van der Waals surface area contributed by atoms with E-state index in [0.29, 0.717) is 23.3 Å². The molecule has 0 aromatic carbocycles. The van der Waals surface area contributed by atoms with Crippen LogP contribution in [0.5, 0.6) is 0 Å². The molecule has 1 saturated heterocycles. The number of rotatable bonds is 9. The van der Waals surface area contributed by atoms with Crippen LogP contribution < -0.4 is 0 Å². The third-order valence-corrected chi connectivity index (χ3v) is 9.30. The molecule has 1 N–H and O–H groups in total. The number of ketones is 1. The number of hydrogen-bond acceptors (Lipinski definition) is 7. The molecule has 2 aromatic rings. The van der Waals surface area contributed by atoms with Crippen LogP contribution in [0.2, 0.25) is 0 Å². The molecule has 2 atom stereocenters. The molecule has 0 amide bonds. The number of Topliss-reactive ketones (excluding diaryl/α,β-unsaturated/α-hetero) is 1. The van der Waals surface area contributed by atoms with E-state index in [0.717, 1.165) is 68.2 Å². The summed E-state index contributed by atoms with van der Waals surface area (Å²) in [6.07, 6.45) is 19.3. The molecule has 3 fully saturated rings. The Kier molecular flexibility index (Phi) is 7.85. The molecule has 2 aromatic heterocycles. The summed E-state index contributed by atoms with van der Waals surface area (Å²) in [5.41, 5.74) is 0.237. The second-order valence-corrected chi connectivity index (χ2v) is 11.6. The molecule has 0 bridgehead atoms. The van der Waals surface area contributed by atoms with Crippen molar-refractivity contribution in [1.29, 1.82) is 0 Å². The SMILES string of the molecule is O=C1CC(CCCCC2CCCCC2)(C2CCCC2)OC(=O)C1Sc1n[nH]c(-c2ccncc2)n1. The number of carbonyl (C=O) groups excluding carboxylic acids is 2. The first kappa shape index (κ1) is 24.5. The fourth-order valence-electron chi connectivity index (χ4n) is 6.32. The molecule has 3 heterocycles. The zero-order valence-corrected chi connectivity index (χ0v) is 21.2. The number of cyclic esters (lactones) is 1. The quantitative estimate of drug-likeness (QED) is 0.262. The lowest BCUT2D eigenvalue weighted by atomic mass is 9.75. The fraction of sp³-hybridized carbons (Fsp3) is 0.667. The van der Waals surface area contributed by atoms with Gasteiger partial charge in [-0.2, -0.15) is 0 Å². The highest BCUT2D eigenvalue weighted by molar-refractivity contribution is 8.01. The zero-order chi connectivity index (χ0) is 24.1. The maximum atomic E-state index is 13.3. The lowest BCUT2D eigenvalue weighted by Gasteiger charge is -2.42. The van der Waals surface area contributed by atoms with Crippen LogP contribution in [-0.4, -0.2) is 42.8 Å². The normalized spacial score (nSPS) is 26.2. The van der Waals surface area contributed by atoms with E-state index in [-0.39, 0.29) is 5.78 Å². The number of aromatic amines is 1. The number of carbonyl (C=O) groups is 2. The first-order valence-corrected chi connectivity index (χ1v) is 14.3. The van der Waals surface area contributed by atoms with Crippen LogP contribution in [0.1, 0.15) is 89.9 Å². The minimum atomic E-state index is -0.896. The van der Waals surface area contributed by atoms with Gasteiger partial charge in [-0.15, -0.1) is 5.10 Å². The highest BCUT2D eigenvalue weighted by Gasteiger charge is 2.51. The second kappa shape index (κ2) is 11.2. The molecule has 1 aliphatic heterocycles. The number of aromatic nitrogens is 4. The van der Waals surface area contributed by atoms with E-state index in [4.69, 9.17) is 4.74 Å². The summed E-state index contributed by atoms with van der Waals surface area (Å²) in [5.74, 6) is 1.30. The largest absolute Gasteiger partial charge is 0.457 e. The number of hydrogen-bond donors (Lipinski definition) is 1. The number of H-pyrrole nitrogens is 1. The number of ether oxygens (including phenoxy) is 1. The van der Waals surface area contributed by atoms with Crippen molar-refractivity contribution in [2.75, 3.05) is 0 Å². The number of nitrogens with one attached hydrogen (secondary N) is 1. The molecule has 2 unspecified atom stereocenters. The molecule has 0 spiro atoms.